The standard InChI is InChI=1S/C15H20N6O/c1-12(20-7-2-3-8-20)10-16-15(22)13-5-4-6-14(9-13)21-11-17-18-19-21/h4-6,9,11-12H,2-3,7-8,10H2,1H3,(H,16,22). The van der Waals surface area contributed by atoms with Gasteiger partial charge in [-0.3, -0.25) is 9.69 Å². The minimum absolute atomic E-state index is 0.0685. The van der Waals surface area contributed by atoms with Gasteiger partial charge in [-0.1, -0.05) is 6.07 Å². The number of aromatic nitrogens is 4. The molecule has 3 rings (SSSR count). The van der Waals surface area contributed by atoms with E-state index < -0.39 is 0 Å². The van der Waals surface area contributed by atoms with E-state index in [9.17, 15) is 4.79 Å². The molecule has 1 fully saturated rings. The van der Waals surface area contributed by atoms with Crippen LogP contribution in [0.4, 0.5) is 0 Å². The quantitative estimate of drug-likeness (QED) is 0.887. The smallest absolute Gasteiger partial charge is 0.251 e. The summed E-state index contributed by atoms with van der Waals surface area (Å²) in [6.45, 7) is 5.08. The SMILES string of the molecule is CC(CNC(=O)c1cccc(-n2cnnn2)c1)N1CCCC1. The lowest BCUT2D eigenvalue weighted by Crippen LogP contribution is -2.40. The van der Waals surface area contributed by atoms with Crippen molar-refractivity contribution in [3.8, 4) is 5.69 Å². The Morgan fingerprint density at radius 2 is 2.18 bits per heavy atom. The number of carbonyl (C=O) groups is 1. The van der Waals surface area contributed by atoms with E-state index >= 15 is 0 Å². The summed E-state index contributed by atoms with van der Waals surface area (Å²) in [5.41, 5.74) is 1.38. The molecule has 0 radical (unpaired) electrons. The minimum Gasteiger partial charge on any atom is -0.350 e. The van der Waals surface area contributed by atoms with Crippen LogP contribution < -0.4 is 5.32 Å². The summed E-state index contributed by atoms with van der Waals surface area (Å²) in [4.78, 5) is 14.7. The molecule has 1 unspecified atom stereocenters. The Morgan fingerprint density at radius 3 is 2.91 bits per heavy atom. The molecule has 1 aliphatic heterocycles. The summed E-state index contributed by atoms with van der Waals surface area (Å²) in [5.74, 6) is -0.0685. The van der Waals surface area contributed by atoms with Crippen LogP contribution in [0.2, 0.25) is 0 Å². The Hall–Kier alpha value is -2.28. The predicted molar refractivity (Wildman–Crippen MR) is 81.8 cm³/mol. The van der Waals surface area contributed by atoms with Crippen molar-refractivity contribution in [1.29, 1.82) is 0 Å². The van der Waals surface area contributed by atoms with Crippen LogP contribution in [0.15, 0.2) is 30.6 Å². The van der Waals surface area contributed by atoms with E-state index in [0.29, 0.717) is 18.2 Å². The van der Waals surface area contributed by atoms with Crippen molar-refractivity contribution in [2.24, 2.45) is 0 Å². The first kappa shape index (κ1) is 14.6. The number of hydrogen-bond acceptors (Lipinski definition) is 5. The van der Waals surface area contributed by atoms with Crippen molar-refractivity contribution < 1.29 is 4.79 Å². The number of benzene rings is 1. The molecule has 1 N–H and O–H groups in total. The van der Waals surface area contributed by atoms with Crippen LogP contribution in [-0.4, -0.2) is 56.7 Å². The maximum absolute atomic E-state index is 12.3. The van der Waals surface area contributed by atoms with Crippen LogP contribution in [0.25, 0.3) is 5.69 Å². The lowest BCUT2D eigenvalue weighted by molar-refractivity contribution is 0.0940. The van der Waals surface area contributed by atoms with Crippen molar-refractivity contribution in [1.82, 2.24) is 30.4 Å². The molecule has 1 saturated heterocycles. The molecule has 116 valence electrons. The fourth-order valence-corrected chi connectivity index (χ4v) is 2.72. The Labute approximate surface area is 129 Å². The largest absolute Gasteiger partial charge is 0.350 e. The fourth-order valence-electron chi connectivity index (χ4n) is 2.72. The molecule has 1 aliphatic rings. The first-order valence-electron chi connectivity index (χ1n) is 7.60. The molecule has 0 saturated carbocycles. The van der Waals surface area contributed by atoms with Gasteiger partial charge in [0.05, 0.1) is 5.69 Å². The van der Waals surface area contributed by atoms with E-state index in [0.717, 1.165) is 18.8 Å². The molecule has 1 atom stereocenters. The van der Waals surface area contributed by atoms with Gasteiger partial charge >= 0.3 is 0 Å². The van der Waals surface area contributed by atoms with Crippen LogP contribution in [0.1, 0.15) is 30.1 Å². The molecule has 7 heteroatoms. The Morgan fingerprint density at radius 1 is 1.36 bits per heavy atom. The number of rotatable bonds is 5. The third-order valence-corrected chi connectivity index (χ3v) is 4.04. The van der Waals surface area contributed by atoms with Crippen molar-refractivity contribution in [2.45, 2.75) is 25.8 Å². The van der Waals surface area contributed by atoms with Gasteiger partial charge in [-0.15, -0.1) is 5.10 Å². The van der Waals surface area contributed by atoms with Gasteiger partial charge in [0.1, 0.15) is 6.33 Å². The van der Waals surface area contributed by atoms with Crippen molar-refractivity contribution in [3.63, 3.8) is 0 Å². The zero-order valence-corrected chi connectivity index (χ0v) is 12.6. The highest BCUT2D eigenvalue weighted by atomic mass is 16.1. The first-order valence-corrected chi connectivity index (χ1v) is 7.60. The molecule has 1 aromatic heterocycles. The highest BCUT2D eigenvalue weighted by molar-refractivity contribution is 5.94. The number of nitrogens with zero attached hydrogens (tertiary/aromatic N) is 5. The summed E-state index contributed by atoms with van der Waals surface area (Å²) in [7, 11) is 0. The van der Waals surface area contributed by atoms with E-state index in [2.05, 4.69) is 32.7 Å². The second-order valence-corrected chi connectivity index (χ2v) is 5.61. The number of amides is 1. The van der Waals surface area contributed by atoms with Crippen LogP contribution in [-0.2, 0) is 0 Å². The molecule has 7 nitrogen and oxygen atoms in total. The fraction of sp³-hybridized carbons (Fsp3) is 0.467. The molecule has 0 spiro atoms. The van der Waals surface area contributed by atoms with Crippen LogP contribution >= 0.6 is 0 Å². The average Bonchev–Trinajstić information content (AvgIpc) is 3.25. The molecule has 0 bridgehead atoms. The van der Waals surface area contributed by atoms with Crippen LogP contribution in [0.3, 0.4) is 0 Å². The van der Waals surface area contributed by atoms with Gasteiger partial charge in [0.25, 0.3) is 5.91 Å². The molecule has 1 aromatic carbocycles. The molecule has 0 aliphatic carbocycles. The summed E-state index contributed by atoms with van der Waals surface area (Å²) in [6.07, 6.45) is 4.02. The third-order valence-electron chi connectivity index (χ3n) is 4.04. The van der Waals surface area contributed by atoms with Crippen molar-refractivity contribution in [3.05, 3.63) is 36.2 Å². The van der Waals surface area contributed by atoms with Gasteiger partial charge in [-0.05, 0) is 61.5 Å². The van der Waals surface area contributed by atoms with Crippen molar-refractivity contribution in [2.75, 3.05) is 19.6 Å². The molecule has 2 heterocycles. The van der Waals surface area contributed by atoms with E-state index in [1.54, 1.807) is 12.1 Å². The number of tetrazole rings is 1. The van der Waals surface area contributed by atoms with Gasteiger partial charge in [0, 0.05) is 18.2 Å². The summed E-state index contributed by atoms with van der Waals surface area (Å²) >= 11 is 0. The lowest BCUT2D eigenvalue weighted by Gasteiger charge is -2.23. The van der Waals surface area contributed by atoms with Crippen LogP contribution in [0.5, 0.6) is 0 Å². The first-order chi connectivity index (χ1) is 10.7. The average molecular weight is 300 g/mol. The molecule has 22 heavy (non-hydrogen) atoms. The topological polar surface area (TPSA) is 75.9 Å². The predicted octanol–water partition coefficient (Wildman–Crippen LogP) is 0.876. The van der Waals surface area contributed by atoms with E-state index in [-0.39, 0.29) is 5.91 Å². The van der Waals surface area contributed by atoms with Gasteiger partial charge in [-0.25, -0.2) is 4.68 Å². The van der Waals surface area contributed by atoms with E-state index in [4.69, 9.17) is 0 Å². The molecule has 2 aromatic rings. The van der Waals surface area contributed by atoms with Crippen LogP contribution in [0, 0.1) is 0 Å². The highest BCUT2D eigenvalue weighted by Gasteiger charge is 2.18. The number of hydrogen-bond donors (Lipinski definition) is 1. The molecule has 1 amide bonds. The third kappa shape index (κ3) is 3.30. The zero-order chi connectivity index (χ0) is 15.4. The van der Waals surface area contributed by atoms with Crippen molar-refractivity contribution >= 4 is 5.91 Å². The number of likely N-dealkylation sites (tertiary alicyclic amines) is 1. The van der Waals surface area contributed by atoms with Gasteiger partial charge < -0.3 is 5.32 Å². The summed E-state index contributed by atoms with van der Waals surface area (Å²) in [6, 6.07) is 7.64. The highest BCUT2D eigenvalue weighted by Crippen LogP contribution is 2.12. The zero-order valence-electron chi connectivity index (χ0n) is 12.6. The normalized spacial score (nSPS) is 16.6. The minimum atomic E-state index is -0.0685. The second kappa shape index (κ2) is 6.65. The van der Waals surface area contributed by atoms with E-state index in [1.807, 2.05) is 12.1 Å². The summed E-state index contributed by atoms with van der Waals surface area (Å²) < 4.78 is 1.53. The Kier molecular flexibility index (Phi) is 4.43. The number of carbonyl (C=O) groups excluding carboxylic acids is 1. The molecular weight excluding hydrogens is 280 g/mol. The maximum atomic E-state index is 12.3. The Balaban J connectivity index is 1.61. The number of nitrogens with one attached hydrogen (secondary N) is 1. The van der Waals surface area contributed by atoms with Gasteiger partial charge in [0.15, 0.2) is 0 Å². The van der Waals surface area contributed by atoms with E-state index in [1.165, 1.54) is 23.9 Å². The monoisotopic (exact) mass is 300 g/mol. The van der Waals surface area contributed by atoms with Gasteiger partial charge in [0.2, 0.25) is 0 Å². The summed E-state index contributed by atoms with van der Waals surface area (Å²) in [5, 5.41) is 14.0. The Bertz CT molecular complexity index is 621. The van der Waals surface area contributed by atoms with Gasteiger partial charge in [-0.2, -0.15) is 0 Å². The maximum Gasteiger partial charge on any atom is 0.251 e. The second-order valence-electron chi connectivity index (χ2n) is 5.61. The lowest BCUT2D eigenvalue weighted by atomic mass is 10.2. The molecular formula is C15H20N6O.